The van der Waals surface area contributed by atoms with Crippen molar-refractivity contribution >= 4 is 21.4 Å². The Morgan fingerprint density at radius 3 is 2.78 bits per heavy atom. The second-order valence-electron chi connectivity index (χ2n) is 4.30. The Morgan fingerprint density at radius 1 is 1.44 bits per heavy atom. The number of thiophene rings is 1. The number of hydrogen-bond acceptors (Lipinski definition) is 5. The predicted octanol–water partition coefficient (Wildman–Crippen LogP) is 0.913. The Balaban J connectivity index is 2.02. The third kappa shape index (κ3) is 2.18. The van der Waals surface area contributed by atoms with Gasteiger partial charge in [0.05, 0.1) is 0 Å². The van der Waals surface area contributed by atoms with E-state index in [1.807, 2.05) is 17.5 Å². The van der Waals surface area contributed by atoms with Gasteiger partial charge in [0.15, 0.2) is 0 Å². The highest BCUT2D eigenvalue weighted by Crippen LogP contribution is 2.37. The molecule has 0 bridgehead atoms. The van der Waals surface area contributed by atoms with Crippen LogP contribution in [0.4, 0.5) is 0 Å². The number of sulfonamides is 1. The summed E-state index contributed by atoms with van der Waals surface area (Å²) >= 11 is 1.61. The van der Waals surface area contributed by atoms with Crippen molar-refractivity contribution in [1.82, 2.24) is 14.8 Å². The Morgan fingerprint density at radius 2 is 2.22 bits per heavy atom. The third-order valence-corrected chi connectivity index (χ3v) is 4.48. The Labute approximate surface area is 109 Å². The Bertz CT molecular complexity index is 656. The minimum absolute atomic E-state index is 0.114. The summed E-state index contributed by atoms with van der Waals surface area (Å²) < 4.78 is 24.6. The van der Waals surface area contributed by atoms with Crippen molar-refractivity contribution in [2.75, 3.05) is 0 Å². The average Bonchev–Trinajstić information content (AvgIpc) is 2.84. The van der Waals surface area contributed by atoms with Gasteiger partial charge in [0.25, 0.3) is 15.2 Å². The van der Waals surface area contributed by atoms with Crippen molar-refractivity contribution in [3.8, 4) is 0 Å². The number of primary sulfonamides is 1. The maximum Gasteiger partial charge on any atom is 0.273 e. The summed E-state index contributed by atoms with van der Waals surface area (Å²) in [7, 11) is -3.80. The molecule has 1 aliphatic rings. The fraction of sp³-hybridized carbons (Fsp3) is 0.400. The zero-order valence-corrected chi connectivity index (χ0v) is 11.1. The van der Waals surface area contributed by atoms with E-state index in [0.29, 0.717) is 12.2 Å². The van der Waals surface area contributed by atoms with E-state index >= 15 is 0 Å². The lowest BCUT2D eigenvalue weighted by molar-refractivity contribution is 0.560. The fourth-order valence-electron chi connectivity index (χ4n) is 1.89. The SMILES string of the molecule is NS(=O)(=O)c1nnc(Cc2cccs2)n1C1CC1. The molecule has 0 saturated heterocycles. The number of hydrogen-bond donors (Lipinski definition) is 1. The van der Waals surface area contributed by atoms with Crippen LogP contribution in [0.5, 0.6) is 0 Å². The normalized spacial score (nSPS) is 16.1. The molecule has 0 aliphatic heterocycles. The minimum Gasteiger partial charge on any atom is -0.297 e. The van der Waals surface area contributed by atoms with E-state index in [1.165, 1.54) is 0 Å². The maximum absolute atomic E-state index is 11.5. The second-order valence-corrected chi connectivity index (χ2v) is 6.79. The molecular weight excluding hydrogens is 272 g/mol. The zero-order valence-electron chi connectivity index (χ0n) is 9.48. The van der Waals surface area contributed by atoms with Gasteiger partial charge in [0.2, 0.25) is 0 Å². The van der Waals surface area contributed by atoms with Crippen molar-refractivity contribution in [3.05, 3.63) is 28.2 Å². The molecule has 8 heteroatoms. The molecule has 0 amide bonds. The summed E-state index contributed by atoms with van der Waals surface area (Å²) in [5.41, 5.74) is 0. The molecule has 3 rings (SSSR count). The molecule has 2 heterocycles. The first-order valence-corrected chi connectivity index (χ1v) is 7.97. The molecule has 0 unspecified atom stereocenters. The largest absolute Gasteiger partial charge is 0.297 e. The molecule has 0 atom stereocenters. The smallest absolute Gasteiger partial charge is 0.273 e. The van der Waals surface area contributed by atoms with Crippen LogP contribution in [0.25, 0.3) is 0 Å². The van der Waals surface area contributed by atoms with Gasteiger partial charge in [0.1, 0.15) is 5.82 Å². The fourth-order valence-corrected chi connectivity index (χ4v) is 3.28. The maximum atomic E-state index is 11.5. The van der Waals surface area contributed by atoms with E-state index in [2.05, 4.69) is 10.2 Å². The van der Waals surface area contributed by atoms with Crippen LogP contribution in [0.2, 0.25) is 0 Å². The second kappa shape index (κ2) is 4.15. The standard InChI is InChI=1S/C10H12N4O2S2/c11-18(15,16)10-13-12-9(14(10)7-3-4-7)6-8-2-1-5-17-8/h1-2,5,7H,3-4,6H2,(H2,11,15,16). The topological polar surface area (TPSA) is 90.9 Å². The lowest BCUT2D eigenvalue weighted by Crippen LogP contribution is -2.19. The number of rotatable bonds is 4. The van der Waals surface area contributed by atoms with Crippen LogP contribution in [-0.4, -0.2) is 23.2 Å². The van der Waals surface area contributed by atoms with Gasteiger partial charge in [-0.1, -0.05) is 6.07 Å². The molecule has 2 N–H and O–H groups in total. The first-order valence-electron chi connectivity index (χ1n) is 5.54. The van der Waals surface area contributed by atoms with Crippen LogP contribution in [0, 0.1) is 0 Å². The average molecular weight is 284 g/mol. The Hall–Kier alpha value is -1.25. The molecule has 96 valence electrons. The predicted molar refractivity (Wildman–Crippen MR) is 66.8 cm³/mol. The van der Waals surface area contributed by atoms with E-state index in [0.717, 1.165) is 17.7 Å². The molecule has 1 aliphatic carbocycles. The van der Waals surface area contributed by atoms with Crippen molar-refractivity contribution in [2.24, 2.45) is 5.14 Å². The first kappa shape index (κ1) is 11.8. The number of nitrogens with two attached hydrogens (primary N) is 1. The minimum atomic E-state index is -3.80. The highest BCUT2D eigenvalue weighted by atomic mass is 32.2. The first-order chi connectivity index (χ1) is 8.55. The lowest BCUT2D eigenvalue weighted by Gasteiger charge is -2.06. The van der Waals surface area contributed by atoms with Crippen LogP contribution in [0.15, 0.2) is 22.7 Å². The van der Waals surface area contributed by atoms with Crippen molar-refractivity contribution in [3.63, 3.8) is 0 Å². The van der Waals surface area contributed by atoms with Crippen LogP contribution in [-0.2, 0) is 16.4 Å². The van der Waals surface area contributed by atoms with Gasteiger partial charge in [-0.05, 0) is 24.3 Å². The van der Waals surface area contributed by atoms with Gasteiger partial charge >= 0.3 is 0 Å². The molecule has 6 nitrogen and oxygen atoms in total. The van der Waals surface area contributed by atoms with E-state index in [-0.39, 0.29) is 11.2 Å². The monoisotopic (exact) mass is 284 g/mol. The summed E-state index contributed by atoms with van der Waals surface area (Å²) in [5.74, 6) is 0.670. The van der Waals surface area contributed by atoms with Crippen molar-refractivity contribution in [1.29, 1.82) is 0 Å². The van der Waals surface area contributed by atoms with Crippen LogP contribution in [0.1, 0.15) is 29.6 Å². The highest BCUT2D eigenvalue weighted by Gasteiger charge is 2.33. The molecule has 1 saturated carbocycles. The zero-order chi connectivity index (χ0) is 12.8. The van der Waals surface area contributed by atoms with Gasteiger partial charge in [-0.3, -0.25) is 4.57 Å². The van der Waals surface area contributed by atoms with Gasteiger partial charge in [-0.25, -0.2) is 13.6 Å². The number of aromatic nitrogens is 3. The van der Waals surface area contributed by atoms with Crippen molar-refractivity contribution < 1.29 is 8.42 Å². The van der Waals surface area contributed by atoms with E-state index in [4.69, 9.17) is 5.14 Å². The molecule has 0 spiro atoms. The lowest BCUT2D eigenvalue weighted by atomic mass is 10.3. The van der Waals surface area contributed by atoms with Gasteiger partial charge < -0.3 is 0 Å². The number of nitrogens with zero attached hydrogens (tertiary/aromatic N) is 3. The summed E-state index contributed by atoms with van der Waals surface area (Å²) in [4.78, 5) is 1.13. The summed E-state index contributed by atoms with van der Waals surface area (Å²) in [5, 5.41) is 14.7. The molecule has 0 radical (unpaired) electrons. The molecule has 18 heavy (non-hydrogen) atoms. The molecule has 2 aromatic heterocycles. The quantitative estimate of drug-likeness (QED) is 0.903. The third-order valence-electron chi connectivity index (χ3n) is 2.81. The van der Waals surface area contributed by atoms with Crippen LogP contribution < -0.4 is 5.14 Å². The van der Waals surface area contributed by atoms with E-state index in [9.17, 15) is 8.42 Å². The van der Waals surface area contributed by atoms with Gasteiger partial charge in [0, 0.05) is 17.3 Å². The molecular formula is C10H12N4O2S2. The Kier molecular flexibility index (Phi) is 2.72. The van der Waals surface area contributed by atoms with Gasteiger partial charge in [-0.15, -0.1) is 21.5 Å². The molecule has 2 aromatic rings. The molecule has 0 aromatic carbocycles. The molecule has 1 fully saturated rings. The summed E-state index contributed by atoms with van der Waals surface area (Å²) in [6.07, 6.45) is 2.51. The van der Waals surface area contributed by atoms with E-state index < -0.39 is 10.0 Å². The van der Waals surface area contributed by atoms with Crippen LogP contribution >= 0.6 is 11.3 Å². The van der Waals surface area contributed by atoms with E-state index in [1.54, 1.807) is 15.9 Å². The van der Waals surface area contributed by atoms with Crippen LogP contribution in [0.3, 0.4) is 0 Å². The highest BCUT2D eigenvalue weighted by molar-refractivity contribution is 7.89. The van der Waals surface area contributed by atoms with Gasteiger partial charge in [-0.2, -0.15) is 0 Å². The van der Waals surface area contributed by atoms with Crippen molar-refractivity contribution in [2.45, 2.75) is 30.5 Å². The summed E-state index contributed by atoms with van der Waals surface area (Å²) in [6.45, 7) is 0. The summed E-state index contributed by atoms with van der Waals surface area (Å²) in [6, 6.07) is 4.13.